The molecular formula is C30H30Cl2O4S2. The Morgan fingerprint density at radius 1 is 0.447 bits per heavy atom. The fraction of sp³-hybridized carbons (Fsp3) is 0.200. The number of hydrogen-bond acceptors (Lipinski definition) is 4. The lowest BCUT2D eigenvalue weighted by atomic mass is 10.0. The van der Waals surface area contributed by atoms with Crippen LogP contribution in [-0.4, -0.2) is 16.8 Å². The summed E-state index contributed by atoms with van der Waals surface area (Å²) in [5, 5.41) is 0.955. The molecule has 0 aromatic heterocycles. The van der Waals surface area contributed by atoms with E-state index in [1.54, 1.807) is 88.4 Å². The molecule has 200 valence electrons. The van der Waals surface area contributed by atoms with Crippen LogP contribution in [0.2, 0.25) is 10.0 Å². The molecular weight excluding hydrogens is 559 g/mol. The van der Waals surface area contributed by atoms with E-state index in [4.69, 9.17) is 23.2 Å². The molecule has 4 nitrogen and oxygen atoms in total. The van der Waals surface area contributed by atoms with E-state index in [-0.39, 0.29) is 19.6 Å². The van der Waals surface area contributed by atoms with Crippen molar-refractivity contribution < 1.29 is 16.8 Å². The van der Waals surface area contributed by atoms with E-state index in [1.165, 1.54) is 12.1 Å². The van der Waals surface area contributed by atoms with Gasteiger partial charge in [0.15, 0.2) is 0 Å². The van der Waals surface area contributed by atoms with Gasteiger partial charge in [0.1, 0.15) is 0 Å². The fourth-order valence-electron chi connectivity index (χ4n) is 4.33. The van der Waals surface area contributed by atoms with Gasteiger partial charge >= 0.3 is 0 Å². The van der Waals surface area contributed by atoms with E-state index in [0.29, 0.717) is 32.3 Å². The summed E-state index contributed by atoms with van der Waals surface area (Å²) in [7, 11) is -7.47. The number of benzene rings is 4. The van der Waals surface area contributed by atoms with E-state index < -0.39 is 19.7 Å². The summed E-state index contributed by atoms with van der Waals surface area (Å²) >= 11 is 12.0. The van der Waals surface area contributed by atoms with Gasteiger partial charge in [-0.3, -0.25) is 0 Å². The maximum absolute atomic E-state index is 13.3. The molecule has 0 aliphatic rings. The number of hydrogen-bond donors (Lipinski definition) is 0. The highest BCUT2D eigenvalue weighted by atomic mass is 35.5. The Morgan fingerprint density at radius 3 is 0.974 bits per heavy atom. The fourth-order valence-corrected chi connectivity index (χ4v) is 8.17. The van der Waals surface area contributed by atoms with E-state index >= 15 is 0 Å². The lowest BCUT2D eigenvalue weighted by Crippen LogP contribution is -2.07. The van der Waals surface area contributed by atoms with Gasteiger partial charge < -0.3 is 0 Å². The van der Waals surface area contributed by atoms with Gasteiger partial charge in [0, 0.05) is 10.0 Å². The molecule has 0 N–H and O–H groups in total. The third-order valence-electron chi connectivity index (χ3n) is 6.12. The maximum Gasteiger partial charge on any atom is 0.207 e. The van der Waals surface area contributed by atoms with Crippen molar-refractivity contribution in [2.75, 3.05) is 0 Å². The maximum atomic E-state index is 13.3. The zero-order valence-electron chi connectivity index (χ0n) is 22.1. The second-order valence-electron chi connectivity index (χ2n) is 8.79. The number of halogens is 2. The van der Waals surface area contributed by atoms with Crippen molar-refractivity contribution in [1.82, 2.24) is 0 Å². The van der Waals surface area contributed by atoms with Crippen LogP contribution in [0.25, 0.3) is 11.1 Å². The van der Waals surface area contributed by atoms with Gasteiger partial charge in [0.2, 0.25) is 19.7 Å². The van der Waals surface area contributed by atoms with Gasteiger partial charge in [0.05, 0.1) is 19.6 Å². The Labute approximate surface area is 236 Å². The molecule has 4 aromatic rings. The minimum atomic E-state index is -3.74. The smallest absolute Gasteiger partial charge is 0.207 e. The summed E-state index contributed by atoms with van der Waals surface area (Å²) in [6.45, 7) is 10.9. The summed E-state index contributed by atoms with van der Waals surface area (Å²) < 4.78 is 53.2. The molecule has 38 heavy (non-hydrogen) atoms. The molecule has 0 spiro atoms. The Hall–Kier alpha value is -2.64. The molecule has 0 bridgehead atoms. The topological polar surface area (TPSA) is 68.3 Å². The molecule has 4 rings (SSSR count). The Morgan fingerprint density at radius 2 is 0.711 bits per heavy atom. The molecule has 0 fully saturated rings. The van der Waals surface area contributed by atoms with Crippen LogP contribution in [-0.2, 0) is 19.7 Å². The number of aryl methyl sites for hydroxylation is 4. The average molecular weight is 590 g/mol. The van der Waals surface area contributed by atoms with Crippen LogP contribution in [0.4, 0.5) is 0 Å². The number of sulfone groups is 2. The Bertz CT molecular complexity index is 1600. The van der Waals surface area contributed by atoms with Crippen molar-refractivity contribution in [2.45, 2.75) is 61.1 Å². The first kappa shape index (κ1) is 29.9. The minimum Gasteiger partial charge on any atom is -0.218 e. The Kier molecular flexibility index (Phi) is 9.15. The molecule has 0 saturated heterocycles. The SMILES string of the molecule is CC.Cc1cc(Cl)ccc1S(=O)(=O)c1ccc(-c2ccc(S(=O)(=O)c3ccc(Cl)cc3C)c(C)c2)cc1C. The van der Waals surface area contributed by atoms with E-state index in [9.17, 15) is 16.8 Å². The number of rotatable bonds is 5. The van der Waals surface area contributed by atoms with Crippen molar-refractivity contribution in [3.05, 3.63) is 105 Å². The molecule has 0 heterocycles. The van der Waals surface area contributed by atoms with Crippen LogP contribution in [0.1, 0.15) is 36.1 Å². The third-order valence-corrected chi connectivity index (χ3v) is 10.7. The highest BCUT2D eigenvalue weighted by Crippen LogP contribution is 2.33. The van der Waals surface area contributed by atoms with Crippen LogP contribution in [0.5, 0.6) is 0 Å². The molecule has 0 atom stereocenters. The first-order chi connectivity index (χ1) is 17.8. The highest BCUT2D eigenvalue weighted by Gasteiger charge is 2.24. The van der Waals surface area contributed by atoms with Crippen molar-refractivity contribution >= 4 is 42.9 Å². The predicted octanol–water partition coefficient (Wildman–Crippen LogP) is 8.59. The first-order valence-corrected chi connectivity index (χ1v) is 15.8. The summed E-state index contributed by atoms with van der Waals surface area (Å²) in [6, 6.07) is 19.7. The summed E-state index contributed by atoms with van der Waals surface area (Å²) in [5.41, 5.74) is 3.91. The average Bonchev–Trinajstić information content (AvgIpc) is 2.84. The van der Waals surface area contributed by atoms with Crippen LogP contribution >= 0.6 is 23.2 Å². The highest BCUT2D eigenvalue weighted by molar-refractivity contribution is 7.92. The molecule has 0 aliphatic heterocycles. The molecule has 8 heteroatoms. The van der Waals surface area contributed by atoms with Gasteiger partial charge in [0.25, 0.3) is 0 Å². The van der Waals surface area contributed by atoms with Crippen molar-refractivity contribution in [2.24, 2.45) is 0 Å². The normalized spacial score (nSPS) is 11.6. The zero-order chi connectivity index (χ0) is 28.4. The van der Waals surface area contributed by atoms with E-state index in [1.807, 2.05) is 13.8 Å². The van der Waals surface area contributed by atoms with Gasteiger partial charge in [-0.25, -0.2) is 16.8 Å². The van der Waals surface area contributed by atoms with Crippen LogP contribution < -0.4 is 0 Å². The van der Waals surface area contributed by atoms with Crippen LogP contribution in [0, 0.1) is 27.7 Å². The van der Waals surface area contributed by atoms with Gasteiger partial charge in [-0.15, -0.1) is 0 Å². The summed E-state index contributed by atoms with van der Waals surface area (Å²) in [5.74, 6) is 0. The monoisotopic (exact) mass is 588 g/mol. The van der Waals surface area contributed by atoms with Crippen LogP contribution in [0.3, 0.4) is 0 Å². The third kappa shape index (κ3) is 5.84. The lowest BCUT2D eigenvalue weighted by Gasteiger charge is -2.14. The van der Waals surface area contributed by atoms with Crippen molar-refractivity contribution in [3.63, 3.8) is 0 Å². The van der Waals surface area contributed by atoms with E-state index in [2.05, 4.69) is 0 Å². The largest absolute Gasteiger partial charge is 0.218 e. The minimum absolute atomic E-state index is 0.214. The second-order valence-corrected chi connectivity index (χ2v) is 13.4. The Balaban J connectivity index is 0.00000195. The quantitative estimate of drug-likeness (QED) is 0.234. The summed E-state index contributed by atoms with van der Waals surface area (Å²) in [4.78, 5) is 0.855. The van der Waals surface area contributed by atoms with E-state index in [0.717, 1.165) is 11.1 Å². The second kappa shape index (κ2) is 11.6. The lowest BCUT2D eigenvalue weighted by molar-refractivity contribution is 0.593. The van der Waals surface area contributed by atoms with Gasteiger partial charge in [-0.05, 0) is 110 Å². The molecule has 0 saturated carbocycles. The molecule has 0 radical (unpaired) electrons. The standard InChI is InChI=1S/C28H24Cl2O4S2.C2H6/c1-17-13-21(5-9-25(17)35(31,32)27-11-7-23(29)15-19(27)3)22-6-10-26(18(2)14-22)36(33,34)28-12-8-24(30)16-20(28)4;1-2/h5-16H,1-4H3;1-2H3. The molecule has 0 unspecified atom stereocenters. The molecule has 4 aromatic carbocycles. The molecule has 0 amide bonds. The first-order valence-electron chi connectivity index (χ1n) is 12.1. The predicted molar refractivity (Wildman–Crippen MR) is 156 cm³/mol. The van der Waals surface area contributed by atoms with Crippen molar-refractivity contribution in [3.8, 4) is 11.1 Å². The van der Waals surface area contributed by atoms with Crippen molar-refractivity contribution in [1.29, 1.82) is 0 Å². The van der Waals surface area contributed by atoms with Gasteiger partial charge in [-0.2, -0.15) is 0 Å². The summed E-state index contributed by atoms with van der Waals surface area (Å²) in [6.07, 6.45) is 0. The zero-order valence-corrected chi connectivity index (χ0v) is 25.3. The molecule has 0 aliphatic carbocycles. The van der Waals surface area contributed by atoms with Crippen LogP contribution in [0.15, 0.2) is 92.4 Å². The van der Waals surface area contributed by atoms with Gasteiger partial charge in [-0.1, -0.05) is 61.3 Å².